The first-order valence-electron chi connectivity index (χ1n) is 9.56. The molecule has 0 radical (unpaired) electrons. The van der Waals surface area contributed by atoms with E-state index in [0.29, 0.717) is 23.6 Å². The molecule has 1 aliphatic rings. The van der Waals surface area contributed by atoms with Crippen molar-refractivity contribution in [1.82, 2.24) is 9.97 Å². The molecule has 7 nitrogen and oxygen atoms in total. The molecule has 2 aromatic rings. The lowest BCUT2D eigenvalue weighted by atomic mass is 9.96. The molecule has 0 saturated carbocycles. The standard InChI is InChI=1S/C21H23N3O4S/c1-14-8-6-13-24(14,21(27)28)19(26)15(2)18(29-20-22-11-7-12-23-20)17(25)16-9-4-3-5-10-16/h3-5,7,9-12,14-15,18H,6,8,13H2,1-2H3/p+1/t14?,15?,18-,24-/m0/s1. The molecule has 152 valence electrons. The van der Waals surface area contributed by atoms with E-state index in [4.69, 9.17) is 0 Å². The van der Waals surface area contributed by atoms with E-state index in [1.54, 1.807) is 56.6 Å². The average molecular weight is 415 g/mol. The zero-order valence-electron chi connectivity index (χ0n) is 16.4. The van der Waals surface area contributed by atoms with Crippen molar-refractivity contribution >= 4 is 29.5 Å². The van der Waals surface area contributed by atoms with Gasteiger partial charge in [0.1, 0.15) is 6.04 Å². The molecular weight excluding hydrogens is 390 g/mol. The zero-order valence-corrected chi connectivity index (χ0v) is 17.2. The number of aromatic nitrogens is 2. The molecule has 0 aliphatic carbocycles. The van der Waals surface area contributed by atoms with Crippen LogP contribution in [0, 0.1) is 5.92 Å². The molecule has 2 amide bonds. The van der Waals surface area contributed by atoms with Gasteiger partial charge >= 0.3 is 12.0 Å². The van der Waals surface area contributed by atoms with Crippen molar-refractivity contribution in [1.29, 1.82) is 0 Å². The van der Waals surface area contributed by atoms with Crippen LogP contribution in [-0.4, -0.2) is 55.2 Å². The SMILES string of the molecule is CC(C(=O)[N@+]1(C(=O)O)CCCC1C)[C@H](Sc1ncccn1)C(=O)c1ccccc1. The predicted octanol–water partition coefficient (Wildman–Crippen LogP) is 3.66. The smallest absolute Gasteiger partial charge is 0.435 e. The van der Waals surface area contributed by atoms with Gasteiger partial charge in [0, 0.05) is 30.8 Å². The van der Waals surface area contributed by atoms with Crippen LogP contribution >= 0.6 is 11.8 Å². The molecule has 3 rings (SSSR count). The summed E-state index contributed by atoms with van der Waals surface area (Å²) in [5.74, 6) is -1.51. The van der Waals surface area contributed by atoms with E-state index in [1.165, 1.54) is 0 Å². The van der Waals surface area contributed by atoms with Gasteiger partial charge in [0.2, 0.25) is 0 Å². The van der Waals surface area contributed by atoms with Crippen LogP contribution in [0.5, 0.6) is 0 Å². The summed E-state index contributed by atoms with van der Waals surface area (Å²) in [5.41, 5.74) is 0.469. The summed E-state index contributed by atoms with van der Waals surface area (Å²) in [6.45, 7) is 3.67. The van der Waals surface area contributed by atoms with Crippen LogP contribution < -0.4 is 0 Å². The minimum atomic E-state index is -1.15. The van der Waals surface area contributed by atoms with Crippen molar-refractivity contribution in [3.63, 3.8) is 0 Å². The van der Waals surface area contributed by atoms with Gasteiger partial charge in [-0.2, -0.15) is 9.28 Å². The summed E-state index contributed by atoms with van der Waals surface area (Å²) in [6.07, 6.45) is 3.31. The molecule has 0 bridgehead atoms. The predicted molar refractivity (Wildman–Crippen MR) is 108 cm³/mol. The average Bonchev–Trinajstić information content (AvgIpc) is 3.14. The number of hydrogen-bond donors (Lipinski definition) is 1. The Hall–Kier alpha value is -2.58. The highest BCUT2D eigenvalue weighted by Gasteiger charge is 2.56. The monoisotopic (exact) mass is 414 g/mol. The molecule has 0 spiro atoms. The van der Waals surface area contributed by atoms with Gasteiger partial charge in [-0.25, -0.2) is 14.8 Å². The Balaban J connectivity index is 1.97. The fourth-order valence-electron chi connectivity index (χ4n) is 3.88. The van der Waals surface area contributed by atoms with Gasteiger partial charge in [-0.1, -0.05) is 42.1 Å². The molecule has 29 heavy (non-hydrogen) atoms. The van der Waals surface area contributed by atoms with Gasteiger partial charge in [0.25, 0.3) is 0 Å². The summed E-state index contributed by atoms with van der Waals surface area (Å²) in [4.78, 5) is 47.2. The third kappa shape index (κ3) is 4.09. The Kier molecular flexibility index (Phi) is 6.44. The number of nitrogens with zero attached hydrogens (tertiary/aromatic N) is 3. The number of benzene rings is 1. The van der Waals surface area contributed by atoms with Gasteiger partial charge in [-0.3, -0.25) is 4.79 Å². The second-order valence-corrected chi connectivity index (χ2v) is 8.40. The highest BCUT2D eigenvalue weighted by Crippen LogP contribution is 2.35. The van der Waals surface area contributed by atoms with Crippen LogP contribution in [-0.2, 0) is 4.79 Å². The summed E-state index contributed by atoms with van der Waals surface area (Å²) in [7, 11) is 0. The van der Waals surface area contributed by atoms with Gasteiger partial charge in [-0.15, -0.1) is 0 Å². The summed E-state index contributed by atoms with van der Waals surface area (Å²) in [5, 5.41) is 9.46. The molecule has 1 N–H and O–H groups in total. The van der Waals surface area contributed by atoms with Crippen LogP contribution in [0.4, 0.5) is 4.79 Å². The van der Waals surface area contributed by atoms with Crippen LogP contribution in [0.1, 0.15) is 37.0 Å². The minimum absolute atomic E-state index is 0.237. The topological polar surface area (TPSA) is 97.2 Å². The number of hydrogen-bond acceptors (Lipinski definition) is 6. The van der Waals surface area contributed by atoms with E-state index in [9.17, 15) is 19.5 Å². The molecule has 8 heteroatoms. The third-order valence-corrected chi connectivity index (χ3v) is 6.85. The first-order valence-corrected chi connectivity index (χ1v) is 10.4. The second-order valence-electron chi connectivity index (χ2n) is 7.29. The van der Waals surface area contributed by atoms with Crippen molar-refractivity contribution in [3.05, 3.63) is 54.4 Å². The molecule has 1 fully saturated rings. The van der Waals surface area contributed by atoms with Crippen molar-refractivity contribution in [2.75, 3.05) is 6.54 Å². The Bertz CT molecular complexity index is 893. The summed E-state index contributed by atoms with van der Waals surface area (Å²) in [6, 6.07) is 10.1. The van der Waals surface area contributed by atoms with Gasteiger partial charge in [-0.05, 0) is 19.9 Å². The number of carbonyl (C=O) groups excluding carboxylic acids is 2. The third-order valence-electron chi connectivity index (χ3n) is 5.55. The fraction of sp³-hybridized carbons (Fsp3) is 0.381. The molecule has 1 aromatic heterocycles. The van der Waals surface area contributed by atoms with Crippen molar-refractivity contribution in [3.8, 4) is 0 Å². The number of thioether (sulfide) groups is 1. The molecule has 1 saturated heterocycles. The lowest BCUT2D eigenvalue weighted by molar-refractivity contribution is -0.794. The second kappa shape index (κ2) is 8.84. The van der Waals surface area contributed by atoms with E-state index < -0.39 is 27.7 Å². The Morgan fingerprint density at radius 1 is 1.14 bits per heavy atom. The maximum absolute atomic E-state index is 13.5. The van der Waals surface area contributed by atoms with Gasteiger partial charge < -0.3 is 5.11 Å². The lowest BCUT2D eigenvalue weighted by Crippen LogP contribution is -2.61. The summed E-state index contributed by atoms with van der Waals surface area (Å²) < 4.78 is -0.629. The van der Waals surface area contributed by atoms with Crippen LogP contribution in [0.2, 0.25) is 0 Å². The number of imide groups is 1. The first-order chi connectivity index (χ1) is 13.9. The Morgan fingerprint density at radius 3 is 2.34 bits per heavy atom. The molecule has 2 unspecified atom stereocenters. The quantitative estimate of drug-likeness (QED) is 0.333. The van der Waals surface area contributed by atoms with Gasteiger partial charge in [0.05, 0.1) is 17.7 Å². The van der Waals surface area contributed by atoms with E-state index >= 15 is 0 Å². The number of Topliss-reactive ketones (excluding diaryl/α,β-unsaturated/α-hetero) is 1. The largest absolute Gasteiger partial charge is 0.521 e. The zero-order chi connectivity index (χ0) is 21.0. The molecule has 1 aromatic carbocycles. The number of amides is 2. The van der Waals surface area contributed by atoms with E-state index in [0.717, 1.165) is 11.8 Å². The highest BCUT2D eigenvalue weighted by atomic mass is 32.2. The Labute approximate surface area is 173 Å². The number of likely N-dealkylation sites (tertiary alicyclic amines) is 1. The molecular formula is C21H24N3O4S+. The lowest BCUT2D eigenvalue weighted by Gasteiger charge is -2.33. The van der Waals surface area contributed by atoms with E-state index in [-0.39, 0.29) is 18.4 Å². The fourth-order valence-corrected chi connectivity index (χ4v) is 4.92. The highest BCUT2D eigenvalue weighted by molar-refractivity contribution is 8.00. The normalized spacial score (nSPS) is 23.3. The molecule has 4 atom stereocenters. The van der Waals surface area contributed by atoms with Gasteiger partial charge in [0.15, 0.2) is 10.9 Å². The number of quaternary nitrogens is 1. The number of ketones is 1. The first kappa shape index (κ1) is 21.1. The number of carboxylic acid groups (broad SMARTS) is 1. The van der Waals surface area contributed by atoms with Crippen LogP contribution in [0.25, 0.3) is 0 Å². The molecule has 1 aliphatic heterocycles. The van der Waals surface area contributed by atoms with E-state index in [1.807, 2.05) is 6.07 Å². The van der Waals surface area contributed by atoms with Crippen molar-refractivity contribution in [2.45, 2.75) is 43.1 Å². The Morgan fingerprint density at radius 2 is 1.79 bits per heavy atom. The maximum Gasteiger partial charge on any atom is 0.521 e. The van der Waals surface area contributed by atoms with Crippen LogP contribution in [0.15, 0.2) is 53.9 Å². The van der Waals surface area contributed by atoms with E-state index in [2.05, 4.69) is 9.97 Å². The van der Waals surface area contributed by atoms with Crippen molar-refractivity contribution < 1.29 is 24.0 Å². The summed E-state index contributed by atoms with van der Waals surface area (Å²) >= 11 is 1.10. The maximum atomic E-state index is 13.5. The number of carbonyl (C=O) groups is 3. The molecule has 2 heterocycles. The van der Waals surface area contributed by atoms with Crippen molar-refractivity contribution in [2.24, 2.45) is 5.92 Å². The minimum Gasteiger partial charge on any atom is -0.435 e. The number of rotatable bonds is 6. The van der Waals surface area contributed by atoms with Crippen LogP contribution in [0.3, 0.4) is 0 Å².